The van der Waals surface area contributed by atoms with Crippen LogP contribution in [0.2, 0.25) is 0 Å². The van der Waals surface area contributed by atoms with E-state index in [4.69, 9.17) is 15.2 Å². The van der Waals surface area contributed by atoms with E-state index in [9.17, 15) is 0 Å². The Kier molecular flexibility index (Phi) is 5.29. The summed E-state index contributed by atoms with van der Waals surface area (Å²) in [7, 11) is 0. The molecule has 1 aromatic rings. The van der Waals surface area contributed by atoms with Crippen LogP contribution in [0.4, 0.5) is 0 Å². The summed E-state index contributed by atoms with van der Waals surface area (Å²) in [5, 5.41) is 0. The fourth-order valence-corrected chi connectivity index (χ4v) is 1.54. The number of hydrogen-bond acceptors (Lipinski definition) is 3. The van der Waals surface area contributed by atoms with Crippen molar-refractivity contribution < 1.29 is 9.47 Å². The largest absolute Gasteiger partial charge is 0.467 e. The zero-order valence-electron chi connectivity index (χ0n) is 10.3. The van der Waals surface area contributed by atoms with E-state index in [1.165, 1.54) is 5.56 Å². The van der Waals surface area contributed by atoms with E-state index in [0.29, 0.717) is 13.4 Å². The first-order valence-corrected chi connectivity index (χ1v) is 5.69. The fraction of sp³-hybridized carbons (Fsp3) is 0.538. The smallest absolute Gasteiger partial charge is 0.189 e. The molecule has 0 bridgehead atoms. The molecule has 1 aromatic carbocycles. The number of rotatable bonds is 6. The van der Waals surface area contributed by atoms with E-state index < -0.39 is 0 Å². The highest BCUT2D eigenvalue weighted by Gasteiger charge is 2.06. The molecule has 1 unspecified atom stereocenters. The van der Waals surface area contributed by atoms with Crippen molar-refractivity contribution in [2.24, 2.45) is 5.73 Å². The van der Waals surface area contributed by atoms with Gasteiger partial charge in [-0.15, -0.1) is 0 Å². The Morgan fingerprint density at radius 2 is 2.12 bits per heavy atom. The summed E-state index contributed by atoms with van der Waals surface area (Å²) >= 11 is 0. The number of aryl methyl sites for hydroxylation is 1. The first-order chi connectivity index (χ1) is 7.63. The minimum Gasteiger partial charge on any atom is -0.467 e. The minimum atomic E-state index is 0.135. The molecule has 0 saturated heterocycles. The molecule has 0 amide bonds. The van der Waals surface area contributed by atoms with E-state index in [1.807, 2.05) is 26.0 Å². The maximum atomic E-state index is 5.81. The number of benzene rings is 1. The van der Waals surface area contributed by atoms with Gasteiger partial charge in [-0.3, -0.25) is 0 Å². The van der Waals surface area contributed by atoms with E-state index in [0.717, 1.165) is 17.7 Å². The monoisotopic (exact) mass is 223 g/mol. The lowest BCUT2D eigenvalue weighted by molar-refractivity contribution is 0.0218. The van der Waals surface area contributed by atoms with Gasteiger partial charge in [-0.05, 0) is 38.8 Å². The standard InChI is InChI=1S/C13H21NO2/c1-4-15-9-16-13-6-5-10(2)7-12(13)8-11(3)14/h5-7,11H,4,8-9,14H2,1-3H3. The summed E-state index contributed by atoms with van der Waals surface area (Å²) in [6, 6.07) is 6.26. The Morgan fingerprint density at radius 3 is 2.75 bits per heavy atom. The predicted molar refractivity (Wildman–Crippen MR) is 65.7 cm³/mol. The van der Waals surface area contributed by atoms with Crippen molar-refractivity contribution >= 4 is 0 Å². The SMILES string of the molecule is CCOCOc1ccc(C)cc1CC(C)N. The zero-order chi connectivity index (χ0) is 12.0. The lowest BCUT2D eigenvalue weighted by Crippen LogP contribution is -2.18. The third-order valence-electron chi connectivity index (χ3n) is 2.26. The van der Waals surface area contributed by atoms with E-state index in [2.05, 4.69) is 13.0 Å². The molecule has 0 spiro atoms. The molecule has 0 saturated carbocycles. The quantitative estimate of drug-likeness (QED) is 0.594. The molecule has 0 fully saturated rings. The van der Waals surface area contributed by atoms with Crippen LogP contribution in [0.5, 0.6) is 5.75 Å². The van der Waals surface area contributed by atoms with Crippen LogP contribution in [-0.4, -0.2) is 19.4 Å². The van der Waals surface area contributed by atoms with Gasteiger partial charge in [0.15, 0.2) is 6.79 Å². The van der Waals surface area contributed by atoms with Crippen molar-refractivity contribution in [2.45, 2.75) is 33.2 Å². The van der Waals surface area contributed by atoms with E-state index >= 15 is 0 Å². The predicted octanol–water partition coefficient (Wildman–Crippen LogP) is 2.26. The average Bonchev–Trinajstić information content (AvgIpc) is 2.20. The Bertz CT molecular complexity index is 324. The second-order valence-electron chi connectivity index (χ2n) is 4.05. The van der Waals surface area contributed by atoms with Crippen LogP contribution in [0, 0.1) is 6.92 Å². The Morgan fingerprint density at radius 1 is 1.38 bits per heavy atom. The first kappa shape index (κ1) is 13.0. The third kappa shape index (κ3) is 4.21. The van der Waals surface area contributed by atoms with Gasteiger partial charge in [-0.25, -0.2) is 0 Å². The molecule has 16 heavy (non-hydrogen) atoms. The van der Waals surface area contributed by atoms with Gasteiger partial charge in [0.2, 0.25) is 0 Å². The second-order valence-corrected chi connectivity index (χ2v) is 4.05. The second kappa shape index (κ2) is 6.51. The van der Waals surface area contributed by atoms with Gasteiger partial charge >= 0.3 is 0 Å². The summed E-state index contributed by atoms with van der Waals surface area (Å²) < 4.78 is 10.7. The molecule has 3 nitrogen and oxygen atoms in total. The molecule has 3 heteroatoms. The molecule has 0 aromatic heterocycles. The topological polar surface area (TPSA) is 44.5 Å². The fourth-order valence-electron chi connectivity index (χ4n) is 1.54. The first-order valence-electron chi connectivity index (χ1n) is 5.69. The van der Waals surface area contributed by atoms with Gasteiger partial charge in [0, 0.05) is 12.6 Å². The Hall–Kier alpha value is -1.06. The van der Waals surface area contributed by atoms with Gasteiger partial charge in [0.05, 0.1) is 0 Å². The lowest BCUT2D eigenvalue weighted by Gasteiger charge is -2.13. The van der Waals surface area contributed by atoms with Gasteiger partial charge in [-0.1, -0.05) is 17.7 Å². The van der Waals surface area contributed by atoms with Crippen molar-refractivity contribution in [3.05, 3.63) is 29.3 Å². The molecule has 0 aliphatic carbocycles. The van der Waals surface area contributed by atoms with Gasteiger partial charge in [0.25, 0.3) is 0 Å². The number of nitrogens with two attached hydrogens (primary N) is 1. The van der Waals surface area contributed by atoms with E-state index in [1.54, 1.807) is 0 Å². The molecule has 0 radical (unpaired) electrons. The highest BCUT2D eigenvalue weighted by Crippen LogP contribution is 2.21. The number of hydrogen-bond donors (Lipinski definition) is 1. The molecule has 2 N–H and O–H groups in total. The molecule has 1 rings (SSSR count). The van der Waals surface area contributed by atoms with Crippen molar-refractivity contribution in [2.75, 3.05) is 13.4 Å². The summed E-state index contributed by atoms with van der Waals surface area (Å²) in [5.74, 6) is 0.872. The third-order valence-corrected chi connectivity index (χ3v) is 2.26. The van der Waals surface area contributed by atoms with Crippen molar-refractivity contribution in [1.82, 2.24) is 0 Å². The summed E-state index contributed by atoms with van der Waals surface area (Å²) in [5.41, 5.74) is 8.18. The van der Waals surface area contributed by atoms with Crippen LogP contribution >= 0.6 is 0 Å². The minimum absolute atomic E-state index is 0.135. The lowest BCUT2D eigenvalue weighted by atomic mass is 10.0. The maximum Gasteiger partial charge on any atom is 0.189 e. The van der Waals surface area contributed by atoms with Crippen molar-refractivity contribution in [3.8, 4) is 5.75 Å². The Balaban J connectivity index is 2.72. The van der Waals surface area contributed by atoms with E-state index in [-0.39, 0.29) is 6.04 Å². The molecule has 90 valence electrons. The summed E-state index contributed by atoms with van der Waals surface area (Å²) in [6.07, 6.45) is 0.823. The molecule has 0 aliphatic heterocycles. The molecule has 0 heterocycles. The average molecular weight is 223 g/mol. The van der Waals surface area contributed by atoms with Crippen LogP contribution in [0.3, 0.4) is 0 Å². The van der Waals surface area contributed by atoms with Crippen LogP contribution in [0.1, 0.15) is 25.0 Å². The van der Waals surface area contributed by atoms with Gasteiger partial charge in [0.1, 0.15) is 5.75 Å². The number of ether oxygens (including phenoxy) is 2. The normalized spacial score (nSPS) is 12.5. The van der Waals surface area contributed by atoms with Crippen LogP contribution in [-0.2, 0) is 11.2 Å². The highest BCUT2D eigenvalue weighted by atomic mass is 16.7. The molecule has 0 aliphatic rings. The highest BCUT2D eigenvalue weighted by molar-refractivity contribution is 5.37. The van der Waals surface area contributed by atoms with Crippen LogP contribution in [0.15, 0.2) is 18.2 Å². The van der Waals surface area contributed by atoms with Gasteiger partial charge in [-0.2, -0.15) is 0 Å². The Labute approximate surface area is 97.6 Å². The molecular formula is C13H21NO2. The van der Waals surface area contributed by atoms with Gasteiger partial charge < -0.3 is 15.2 Å². The summed E-state index contributed by atoms with van der Waals surface area (Å²) in [4.78, 5) is 0. The van der Waals surface area contributed by atoms with Crippen molar-refractivity contribution in [3.63, 3.8) is 0 Å². The van der Waals surface area contributed by atoms with Crippen LogP contribution in [0.25, 0.3) is 0 Å². The van der Waals surface area contributed by atoms with Crippen molar-refractivity contribution in [1.29, 1.82) is 0 Å². The molecular weight excluding hydrogens is 202 g/mol. The van der Waals surface area contributed by atoms with Crippen LogP contribution < -0.4 is 10.5 Å². The maximum absolute atomic E-state index is 5.81. The summed E-state index contributed by atoms with van der Waals surface area (Å²) in [6.45, 7) is 6.97. The molecule has 1 atom stereocenters. The zero-order valence-corrected chi connectivity index (χ0v) is 10.3.